The summed E-state index contributed by atoms with van der Waals surface area (Å²) in [5.74, 6) is 0.859. The molecule has 0 saturated heterocycles. The van der Waals surface area contributed by atoms with Crippen molar-refractivity contribution in [3.05, 3.63) is 54.9 Å². The number of aromatic nitrogens is 1. The van der Waals surface area contributed by atoms with Crippen molar-refractivity contribution in [2.24, 2.45) is 0 Å². The smallest absolute Gasteiger partial charge is 0.118 e. The van der Waals surface area contributed by atoms with Gasteiger partial charge in [0.15, 0.2) is 0 Å². The normalized spacial score (nSPS) is 10.1. The fourth-order valence-electron chi connectivity index (χ4n) is 2.14. The molecule has 0 fully saturated rings. The predicted molar refractivity (Wildman–Crippen MR) is 86.7 cm³/mol. The Hall–Kier alpha value is -1.000. The molecule has 20 heavy (non-hydrogen) atoms. The minimum Gasteiger partial charge on any atom is -0.497 e. The van der Waals surface area contributed by atoms with Crippen LogP contribution in [-0.4, -0.2) is 41.7 Å². The maximum Gasteiger partial charge on any atom is 0.118 e. The molecule has 0 atom stereocenters. The molecule has 1 radical (unpaired) electrons. The Morgan fingerprint density at radius 2 is 1.75 bits per heavy atom. The topological polar surface area (TPSA) is 22.1 Å². The van der Waals surface area contributed by atoms with Crippen LogP contribution in [0, 0.1) is 0 Å². The second-order valence-electron chi connectivity index (χ2n) is 4.32. The number of fused-ring (bicyclic) bond motifs is 1. The molecule has 0 spiro atoms. The molecule has 3 rings (SSSR count). The second kappa shape index (κ2) is 6.64. The molecule has 0 N–H and O–H groups in total. The number of thiol groups is 1. The zero-order valence-electron chi connectivity index (χ0n) is 11.5. The molecule has 0 unspecified atom stereocenters. The summed E-state index contributed by atoms with van der Waals surface area (Å²) in [6.45, 7) is 0. The molecule has 2 nitrogen and oxygen atoms in total. The Bertz CT molecular complexity index is 728. The molecular weight excluding hydrogens is 277 g/mol. The Morgan fingerprint density at radius 3 is 2.45 bits per heavy atom. The molecule has 1 aromatic heterocycles. The quantitative estimate of drug-likeness (QED) is 0.572. The van der Waals surface area contributed by atoms with Gasteiger partial charge in [-0.15, -0.1) is 12.6 Å². The molecule has 0 bridgehead atoms. The summed E-state index contributed by atoms with van der Waals surface area (Å²) in [6, 6.07) is 14.2. The van der Waals surface area contributed by atoms with Gasteiger partial charge in [-0.05, 0) is 46.8 Å². The Labute approximate surface area is 145 Å². The first-order chi connectivity index (χ1) is 9.28. The van der Waals surface area contributed by atoms with Crippen LogP contribution in [-0.2, 0) is 0 Å². The SMILES string of the molecule is COc1ccc(-c2cc(S)c3ccncc3c2)cc1.[Na]. The zero-order valence-corrected chi connectivity index (χ0v) is 14.4. The number of hydrogen-bond donors (Lipinski definition) is 1. The molecule has 0 amide bonds. The Balaban J connectivity index is 0.00000147. The van der Waals surface area contributed by atoms with Gasteiger partial charge >= 0.3 is 0 Å². The van der Waals surface area contributed by atoms with Gasteiger partial charge in [0, 0.05) is 52.2 Å². The van der Waals surface area contributed by atoms with E-state index in [1.807, 2.05) is 36.5 Å². The van der Waals surface area contributed by atoms with E-state index >= 15 is 0 Å². The van der Waals surface area contributed by atoms with E-state index in [0.717, 1.165) is 32.5 Å². The van der Waals surface area contributed by atoms with Gasteiger partial charge in [0.1, 0.15) is 5.75 Å². The first kappa shape index (κ1) is 15.4. The number of methoxy groups -OCH3 is 1. The van der Waals surface area contributed by atoms with Crippen LogP contribution in [0.5, 0.6) is 5.75 Å². The van der Waals surface area contributed by atoms with Crippen LogP contribution in [0.4, 0.5) is 0 Å². The summed E-state index contributed by atoms with van der Waals surface area (Å²) in [6.07, 6.45) is 3.65. The van der Waals surface area contributed by atoms with E-state index in [9.17, 15) is 0 Å². The maximum absolute atomic E-state index is 5.17. The van der Waals surface area contributed by atoms with Gasteiger partial charge in [-0.3, -0.25) is 4.98 Å². The number of ether oxygens (including phenoxy) is 1. The third kappa shape index (κ3) is 3.01. The minimum absolute atomic E-state index is 0. The van der Waals surface area contributed by atoms with Crippen molar-refractivity contribution in [1.82, 2.24) is 4.98 Å². The summed E-state index contributed by atoms with van der Waals surface area (Å²) >= 11 is 4.56. The molecule has 0 aliphatic heterocycles. The van der Waals surface area contributed by atoms with E-state index in [-0.39, 0.29) is 29.6 Å². The maximum atomic E-state index is 5.17. The average Bonchev–Trinajstić information content (AvgIpc) is 2.47. The standard InChI is InChI=1S/C16H13NOS.Na/c1-18-14-4-2-11(3-5-14)12-8-13-10-17-7-6-15(13)16(19)9-12;/h2-10,19H,1H3;. The molecule has 0 saturated carbocycles. The van der Waals surface area contributed by atoms with Gasteiger partial charge in [0.05, 0.1) is 7.11 Å². The van der Waals surface area contributed by atoms with E-state index in [1.54, 1.807) is 13.3 Å². The number of benzene rings is 2. The van der Waals surface area contributed by atoms with E-state index in [4.69, 9.17) is 4.74 Å². The van der Waals surface area contributed by atoms with Crippen LogP contribution < -0.4 is 4.74 Å². The summed E-state index contributed by atoms with van der Waals surface area (Å²) in [5.41, 5.74) is 2.27. The van der Waals surface area contributed by atoms with E-state index in [0.29, 0.717) is 0 Å². The van der Waals surface area contributed by atoms with Crippen molar-refractivity contribution >= 4 is 53.0 Å². The Morgan fingerprint density at radius 1 is 1.00 bits per heavy atom. The number of nitrogens with zero attached hydrogens (tertiary/aromatic N) is 1. The Kier molecular flexibility index (Phi) is 5.11. The number of hydrogen-bond acceptors (Lipinski definition) is 3. The summed E-state index contributed by atoms with van der Waals surface area (Å²) in [5, 5.41) is 2.22. The van der Waals surface area contributed by atoms with Crippen molar-refractivity contribution in [2.45, 2.75) is 4.90 Å². The van der Waals surface area contributed by atoms with E-state index in [1.165, 1.54) is 0 Å². The van der Waals surface area contributed by atoms with Crippen LogP contribution in [0.15, 0.2) is 59.8 Å². The van der Waals surface area contributed by atoms with E-state index in [2.05, 4.69) is 29.7 Å². The zero-order chi connectivity index (χ0) is 13.2. The van der Waals surface area contributed by atoms with Gasteiger partial charge in [-0.25, -0.2) is 0 Å². The predicted octanol–water partition coefficient (Wildman–Crippen LogP) is 3.82. The average molecular weight is 290 g/mol. The van der Waals surface area contributed by atoms with Crippen molar-refractivity contribution < 1.29 is 4.74 Å². The van der Waals surface area contributed by atoms with Crippen molar-refractivity contribution in [3.63, 3.8) is 0 Å². The molecule has 1 heterocycles. The van der Waals surface area contributed by atoms with Crippen LogP contribution in [0.25, 0.3) is 21.9 Å². The van der Waals surface area contributed by atoms with Gasteiger partial charge in [-0.2, -0.15) is 0 Å². The van der Waals surface area contributed by atoms with Crippen molar-refractivity contribution in [3.8, 4) is 16.9 Å². The minimum atomic E-state index is 0. The summed E-state index contributed by atoms with van der Waals surface area (Å²) in [7, 11) is 1.67. The van der Waals surface area contributed by atoms with Crippen molar-refractivity contribution in [2.75, 3.05) is 7.11 Å². The van der Waals surface area contributed by atoms with Crippen LogP contribution >= 0.6 is 12.6 Å². The number of pyridine rings is 1. The largest absolute Gasteiger partial charge is 0.497 e. The fraction of sp³-hybridized carbons (Fsp3) is 0.0625. The molecule has 2 aromatic carbocycles. The first-order valence-electron chi connectivity index (χ1n) is 5.99. The third-order valence-electron chi connectivity index (χ3n) is 3.15. The fourth-order valence-corrected chi connectivity index (χ4v) is 2.48. The number of rotatable bonds is 2. The molecule has 95 valence electrons. The van der Waals surface area contributed by atoms with Gasteiger partial charge in [0.25, 0.3) is 0 Å². The summed E-state index contributed by atoms with van der Waals surface area (Å²) < 4.78 is 5.17. The molecule has 0 aliphatic carbocycles. The molecular formula is C16H13NNaOS. The molecule has 3 aromatic rings. The molecule has 0 aliphatic rings. The van der Waals surface area contributed by atoms with E-state index < -0.39 is 0 Å². The van der Waals surface area contributed by atoms with Crippen LogP contribution in [0.2, 0.25) is 0 Å². The summed E-state index contributed by atoms with van der Waals surface area (Å²) in [4.78, 5) is 5.13. The van der Waals surface area contributed by atoms with Crippen LogP contribution in [0.3, 0.4) is 0 Å². The third-order valence-corrected chi connectivity index (χ3v) is 3.52. The first-order valence-corrected chi connectivity index (χ1v) is 6.44. The molecule has 4 heteroatoms. The van der Waals surface area contributed by atoms with Gasteiger partial charge in [0.2, 0.25) is 0 Å². The van der Waals surface area contributed by atoms with Crippen LogP contribution in [0.1, 0.15) is 0 Å². The van der Waals surface area contributed by atoms with Crippen molar-refractivity contribution in [1.29, 1.82) is 0 Å². The monoisotopic (exact) mass is 290 g/mol. The van der Waals surface area contributed by atoms with Gasteiger partial charge in [-0.1, -0.05) is 12.1 Å². The van der Waals surface area contributed by atoms with Gasteiger partial charge < -0.3 is 4.74 Å². The second-order valence-corrected chi connectivity index (χ2v) is 4.80.